The van der Waals surface area contributed by atoms with Crippen molar-refractivity contribution in [3.8, 4) is 0 Å². The largest absolute Gasteiger partial charge is 0.352 e. The van der Waals surface area contributed by atoms with Crippen molar-refractivity contribution >= 4 is 27.3 Å². The van der Waals surface area contributed by atoms with Crippen LogP contribution in [0.5, 0.6) is 0 Å². The number of nitro benzene ring substituents is 1. The number of amides is 1. The van der Waals surface area contributed by atoms with Crippen molar-refractivity contribution in [1.82, 2.24) is 5.32 Å². The smallest absolute Gasteiger partial charge is 0.274 e. The number of benzene rings is 2. The average Bonchev–Trinajstić information content (AvgIpc) is 2.64. The molecule has 0 heterocycles. The van der Waals surface area contributed by atoms with Gasteiger partial charge in [-0.15, -0.1) is 0 Å². The van der Waals surface area contributed by atoms with Crippen molar-refractivity contribution in [2.45, 2.75) is 32.7 Å². The van der Waals surface area contributed by atoms with E-state index in [1.807, 2.05) is 37.3 Å². The molecule has 0 aliphatic carbocycles. The van der Waals surface area contributed by atoms with E-state index < -0.39 is 27.4 Å². The zero-order chi connectivity index (χ0) is 21.6. The number of nitro groups is 1. The molecule has 156 valence electrons. The first-order chi connectivity index (χ1) is 13.6. The molecule has 2 aromatic carbocycles. The van der Waals surface area contributed by atoms with Crippen LogP contribution in [0.3, 0.4) is 0 Å². The van der Waals surface area contributed by atoms with E-state index in [9.17, 15) is 23.3 Å². The molecule has 2 rings (SSSR count). The van der Waals surface area contributed by atoms with Crippen molar-refractivity contribution in [3.05, 3.63) is 69.8 Å². The summed E-state index contributed by atoms with van der Waals surface area (Å²) in [5.41, 5.74) is 1.26. The Morgan fingerprint density at radius 3 is 2.41 bits per heavy atom. The fraction of sp³-hybridized carbons (Fsp3) is 0.350. The minimum atomic E-state index is -3.82. The molecule has 0 aliphatic rings. The highest BCUT2D eigenvalue weighted by atomic mass is 32.2. The van der Waals surface area contributed by atoms with Crippen LogP contribution in [0.25, 0.3) is 0 Å². The molecule has 0 bridgehead atoms. The second kappa shape index (κ2) is 9.51. The summed E-state index contributed by atoms with van der Waals surface area (Å²) in [6.07, 6.45) is 2.45. The Balaban J connectivity index is 2.10. The lowest BCUT2D eigenvalue weighted by molar-refractivity contribution is -0.385. The van der Waals surface area contributed by atoms with Gasteiger partial charge in [0.05, 0.1) is 22.4 Å². The van der Waals surface area contributed by atoms with Gasteiger partial charge in [0.15, 0.2) is 0 Å². The molecule has 0 saturated carbocycles. The maximum atomic E-state index is 12.5. The van der Waals surface area contributed by atoms with Crippen LogP contribution >= 0.6 is 0 Å². The van der Waals surface area contributed by atoms with Crippen LogP contribution < -0.4 is 9.62 Å². The van der Waals surface area contributed by atoms with Gasteiger partial charge in [0.1, 0.15) is 6.54 Å². The first-order valence-electron chi connectivity index (χ1n) is 9.14. The summed E-state index contributed by atoms with van der Waals surface area (Å²) in [4.78, 5) is 23.1. The van der Waals surface area contributed by atoms with Crippen LogP contribution in [0.4, 0.5) is 11.4 Å². The Hall–Kier alpha value is -2.94. The lowest BCUT2D eigenvalue weighted by Gasteiger charge is -2.24. The van der Waals surface area contributed by atoms with E-state index >= 15 is 0 Å². The first-order valence-corrected chi connectivity index (χ1v) is 11.0. The monoisotopic (exact) mass is 419 g/mol. The topological polar surface area (TPSA) is 110 Å². The summed E-state index contributed by atoms with van der Waals surface area (Å²) in [5, 5.41) is 14.0. The standard InChI is InChI=1S/C20H25N3O5S/c1-15(12-13-17-8-5-4-6-9-17)21-20(24)14-22(29(3,27)28)18-10-7-11-19(16(18)2)23(25)26/h4-11,15H,12-14H2,1-3H3,(H,21,24)/t15-/m1/s1. The first kappa shape index (κ1) is 22.4. The maximum Gasteiger partial charge on any atom is 0.274 e. The third kappa shape index (κ3) is 6.28. The fourth-order valence-corrected chi connectivity index (χ4v) is 3.92. The highest BCUT2D eigenvalue weighted by Gasteiger charge is 2.26. The molecule has 29 heavy (non-hydrogen) atoms. The molecular formula is C20H25N3O5S. The highest BCUT2D eigenvalue weighted by Crippen LogP contribution is 2.29. The lowest BCUT2D eigenvalue weighted by atomic mass is 10.1. The molecule has 1 atom stereocenters. The van der Waals surface area contributed by atoms with Gasteiger partial charge in [-0.25, -0.2) is 8.42 Å². The van der Waals surface area contributed by atoms with E-state index in [0.29, 0.717) is 6.42 Å². The maximum absolute atomic E-state index is 12.5. The van der Waals surface area contributed by atoms with E-state index in [1.165, 1.54) is 25.1 Å². The van der Waals surface area contributed by atoms with E-state index in [0.717, 1.165) is 22.5 Å². The van der Waals surface area contributed by atoms with Crippen molar-refractivity contribution < 1.29 is 18.1 Å². The van der Waals surface area contributed by atoms with Crippen LogP contribution in [0.1, 0.15) is 24.5 Å². The third-order valence-electron chi connectivity index (χ3n) is 4.55. The third-order valence-corrected chi connectivity index (χ3v) is 5.67. The number of rotatable bonds is 9. The van der Waals surface area contributed by atoms with Crippen molar-refractivity contribution in [3.63, 3.8) is 0 Å². The van der Waals surface area contributed by atoms with Gasteiger partial charge in [-0.3, -0.25) is 19.2 Å². The Morgan fingerprint density at radius 1 is 1.17 bits per heavy atom. The van der Waals surface area contributed by atoms with Gasteiger partial charge in [0.2, 0.25) is 15.9 Å². The second-order valence-corrected chi connectivity index (χ2v) is 8.85. The summed E-state index contributed by atoms with van der Waals surface area (Å²) < 4.78 is 25.4. The number of hydrogen-bond donors (Lipinski definition) is 1. The van der Waals surface area contributed by atoms with Crippen LogP contribution in [0.2, 0.25) is 0 Å². The SMILES string of the molecule is Cc1c(N(CC(=O)N[C@H](C)CCc2ccccc2)S(C)(=O)=O)cccc1[N+](=O)[O-]. The predicted molar refractivity (Wildman–Crippen MR) is 112 cm³/mol. The Labute approximate surface area is 170 Å². The molecule has 0 saturated heterocycles. The number of hydrogen-bond acceptors (Lipinski definition) is 5. The number of nitrogens with one attached hydrogen (secondary N) is 1. The summed E-state index contributed by atoms with van der Waals surface area (Å²) >= 11 is 0. The van der Waals surface area contributed by atoms with E-state index in [4.69, 9.17) is 0 Å². The lowest BCUT2D eigenvalue weighted by Crippen LogP contribution is -2.43. The van der Waals surface area contributed by atoms with Gasteiger partial charge in [-0.05, 0) is 38.3 Å². The normalized spacial score (nSPS) is 12.2. The van der Waals surface area contributed by atoms with Crippen molar-refractivity contribution in [2.24, 2.45) is 0 Å². The second-order valence-electron chi connectivity index (χ2n) is 6.94. The van der Waals surface area contributed by atoms with Crippen LogP contribution in [-0.2, 0) is 21.2 Å². The summed E-state index contributed by atoms with van der Waals surface area (Å²) in [5.74, 6) is -0.470. The van der Waals surface area contributed by atoms with Crippen molar-refractivity contribution in [1.29, 1.82) is 0 Å². The molecule has 1 N–H and O–H groups in total. The number of carbonyl (C=O) groups is 1. The molecule has 8 nitrogen and oxygen atoms in total. The molecule has 0 spiro atoms. The van der Waals surface area contributed by atoms with Gasteiger partial charge in [-0.2, -0.15) is 0 Å². The minimum Gasteiger partial charge on any atom is -0.352 e. The fourth-order valence-electron chi connectivity index (χ4n) is 3.01. The zero-order valence-corrected chi connectivity index (χ0v) is 17.5. The van der Waals surface area contributed by atoms with Crippen LogP contribution in [-0.4, -0.2) is 38.1 Å². The van der Waals surface area contributed by atoms with Crippen LogP contribution in [0, 0.1) is 17.0 Å². The van der Waals surface area contributed by atoms with Gasteiger partial charge in [0, 0.05) is 12.1 Å². The Morgan fingerprint density at radius 2 is 1.83 bits per heavy atom. The Bertz CT molecular complexity index is 977. The predicted octanol–water partition coefficient (Wildman–Crippen LogP) is 2.81. The number of aryl methyl sites for hydroxylation is 1. The summed E-state index contributed by atoms with van der Waals surface area (Å²) in [7, 11) is -3.82. The number of nitrogens with zero attached hydrogens (tertiary/aromatic N) is 2. The molecule has 9 heteroatoms. The molecule has 0 aromatic heterocycles. The number of carbonyl (C=O) groups excluding carboxylic acids is 1. The van der Waals surface area contributed by atoms with E-state index in [-0.39, 0.29) is 23.0 Å². The molecule has 0 fully saturated rings. The summed E-state index contributed by atoms with van der Waals surface area (Å²) in [6.45, 7) is 2.87. The molecule has 2 aromatic rings. The van der Waals surface area contributed by atoms with Crippen molar-refractivity contribution in [2.75, 3.05) is 17.1 Å². The molecular weight excluding hydrogens is 394 g/mol. The molecule has 1 amide bonds. The molecule has 0 radical (unpaired) electrons. The van der Waals surface area contributed by atoms with Gasteiger partial charge in [0.25, 0.3) is 5.69 Å². The number of anilines is 1. The quantitative estimate of drug-likeness (QED) is 0.496. The van der Waals surface area contributed by atoms with E-state index in [1.54, 1.807) is 0 Å². The van der Waals surface area contributed by atoms with E-state index in [2.05, 4.69) is 5.32 Å². The Kier molecular flexibility index (Phi) is 7.33. The molecule has 0 aliphatic heterocycles. The number of sulfonamides is 1. The highest BCUT2D eigenvalue weighted by molar-refractivity contribution is 7.92. The van der Waals surface area contributed by atoms with Crippen LogP contribution in [0.15, 0.2) is 48.5 Å². The average molecular weight is 420 g/mol. The molecule has 0 unspecified atom stereocenters. The zero-order valence-electron chi connectivity index (χ0n) is 16.7. The van der Waals surface area contributed by atoms with Gasteiger partial charge < -0.3 is 5.32 Å². The summed E-state index contributed by atoms with van der Waals surface area (Å²) in [6, 6.07) is 13.8. The van der Waals surface area contributed by atoms with Gasteiger partial charge >= 0.3 is 0 Å². The van der Waals surface area contributed by atoms with Gasteiger partial charge in [-0.1, -0.05) is 36.4 Å². The minimum absolute atomic E-state index is 0.119.